The fraction of sp³-hybridized carbons (Fsp3) is 0.429. The lowest BCUT2D eigenvalue weighted by Gasteiger charge is -2.28. The van der Waals surface area contributed by atoms with Crippen LogP contribution < -0.4 is 4.90 Å². The molecule has 3 rings (SSSR count). The van der Waals surface area contributed by atoms with Gasteiger partial charge in [-0.05, 0) is 25.0 Å². The lowest BCUT2D eigenvalue weighted by atomic mass is 9.80. The van der Waals surface area contributed by atoms with Crippen LogP contribution in [0.5, 0.6) is 0 Å². The number of nitro benzene ring substituents is 1. The summed E-state index contributed by atoms with van der Waals surface area (Å²) >= 11 is 6.42. The normalized spacial score (nSPS) is 28.6. The van der Waals surface area contributed by atoms with Crippen LogP contribution in [0, 0.1) is 16.0 Å². The molecule has 21 heavy (non-hydrogen) atoms. The third-order valence-corrected chi connectivity index (χ3v) is 4.85. The average molecular weight is 309 g/mol. The first kappa shape index (κ1) is 14.0. The van der Waals surface area contributed by atoms with E-state index in [1.165, 1.54) is 24.3 Å². The van der Waals surface area contributed by atoms with Gasteiger partial charge in [-0.15, -0.1) is 11.6 Å². The first-order valence-corrected chi connectivity index (χ1v) is 7.15. The molecule has 1 saturated carbocycles. The summed E-state index contributed by atoms with van der Waals surface area (Å²) in [6.07, 6.45) is 2.81. The molecule has 1 saturated heterocycles. The van der Waals surface area contributed by atoms with Crippen molar-refractivity contribution in [2.24, 2.45) is 5.92 Å². The van der Waals surface area contributed by atoms with Crippen molar-refractivity contribution in [3.63, 3.8) is 0 Å². The Morgan fingerprint density at radius 3 is 2.48 bits per heavy atom. The minimum Gasteiger partial charge on any atom is -0.274 e. The first-order valence-electron chi connectivity index (χ1n) is 6.77. The van der Waals surface area contributed by atoms with Crippen LogP contribution in [0.3, 0.4) is 0 Å². The molecule has 7 heteroatoms. The van der Waals surface area contributed by atoms with Crippen LogP contribution in [-0.4, -0.2) is 21.6 Å². The van der Waals surface area contributed by atoms with Gasteiger partial charge in [0.2, 0.25) is 5.91 Å². The lowest BCUT2D eigenvalue weighted by Crippen LogP contribution is -2.40. The molecule has 2 unspecified atom stereocenters. The van der Waals surface area contributed by atoms with Gasteiger partial charge < -0.3 is 0 Å². The third kappa shape index (κ3) is 2.01. The molecular weight excluding hydrogens is 296 g/mol. The number of non-ortho nitro benzene ring substituents is 1. The number of imide groups is 1. The van der Waals surface area contributed by atoms with Gasteiger partial charge in [0.25, 0.3) is 11.6 Å². The van der Waals surface area contributed by atoms with Crippen LogP contribution in [0.15, 0.2) is 24.3 Å². The Balaban J connectivity index is 1.97. The number of hydrogen-bond acceptors (Lipinski definition) is 4. The van der Waals surface area contributed by atoms with E-state index >= 15 is 0 Å². The van der Waals surface area contributed by atoms with Crippen LogP contribution in [0.25, 0.3) is 0 Å². The number of carbonyl (C=O) groups is 2. The number of alkyl halides is 1. The summed E-state index contributed by atoms with van der Waals surface area (Å²) in [6, 6.07) is 5.37. The Morgan fingerprint density at radius 2 is 1.90 bits per heavy atom. The van der Waals surface area contributed by atoms with Crippen molar-refractivity contribution in [1.82, 2.24) is 0 Å². The van der Waals surface area contributed by atoms with Gasteiger partial charge in [0, 0.05) is 12.1 Å². The standard InChI is InChI=1S/C14H13ClN2O4/c15-14-8-2-1-3-11(14)12(18)16(13(14)19)9-4-6-10(7-5-9)17(20)21/h4-7,11H,1-3,8H2. The Bertz CT molecular complexity index is 630. The fourth-order valence-corrected chi connectivity index (χ4v) is 3.54. The van der Waals surface area contributed by atoms with E-state index < -0.39 is 21.6 Å². The molecule has 0 bridgehead atoms. The van der Waals surface area contributed by atoms with Crippen LogP contribution in [-0.2, 0) is 9.59 Å². The van der Waals surface area contributed by atoms with Gasteiger partial charge in [-0.25, -0.2) is 4.90 Å². The topological polar surface area (TPSA) is 80.5 Å². The fourth-order valence-electron chi connectivity index (χ4n) is 3.12. The van der Waals surface area contributed by atoms with E-state index in [9.17, 15) is 19.7 Å². The number of carbonyl (C=O) groups excluding carboxylic acids is 2. The molecule has 0 radical (unpaired) electrons. The Kier molecular flexibility index (Phi) is 3.20. The van der Waals surface area contributed by atoms with Crippen LogP contribution in [0.2, 0.25) is 0 Å². The number of fused-ring (bicyclic) bond motifs is 1. The second-order valence-electron chi connectivity index (χ2n) is 5.41. The molecule has 2 fully saturated rings. The zero-order chi connectivity index (χ0) is 15.2. The quantitative estimate of drug-likeness (QED) is 0.364. The van der Waals surface area contributed by atoms with Gasteiger partial charge in [0.15, 0.2) is 0 Å². The van der Waals surface area contributed by atoms with E-state index in [-0.39, 0.29) is 11.6 Å². The van der Waals surface area contributed by atoms with Gasteiger partial charge in [-0.2, -0.15) is 0 Å². The van der Waals surface area contributed by atoms with Crippen molar-refractivity contribution in [2.75, 3.05) is 4.90 Å². The zero-order valence-corrected chi connectivity index (χ0v) is 11.9. The summed E-state index contributed by atoms with van der Waals surface area (Å²) in [6.45, 7) is 0. The van der Waals surface area contributed by atoms with Gasteiger partial charge >= 0.3 is 0 Å². The van der Waals surface area contributed by atoms with Crippen LogP contribution in [0.4, 0.5) is 11.4 Å². The summed E-state index contributed by atoms with van der Waals surface area (Å²) in [7, 11) is 0. The molecule has 6 nitrogen and oxygen atoms in total. The molecule has 2 atom stereocenters. The minimum absolute atomic E-state index is 0.0872. The maximum Gasteiger partial charge on any atom is 0.269 e. The number of nitro groups is 1. The number of nitrogens with zero attached hydrogens (tertiary/aromatic N) is 2. The van der Waals surface area contributed by atoms with E-state index in [4.69, 9.17) is 11.6 Å². The highest BCUT2D eigenvalue weighted by Crippen LogP contribution is 2.47. The lowest BCUT2D eigenvalue weighted by molar-refractivity contribution is -0.384. The van der Waals surface area contributed by atoms with E-state index in [0.29, 0.717) is 18.5 Å². The van der Waals surface area contributed by atoms with Gasteiger partial charge in [0.05, 0.1) is 16.5 Å². The van der Waals surface area contributed by atoms with Crippen molar-refractivity contribution in [3.8, 4) is 0 Å². The Morgan fingerprint density at radius 1 is 1.24 bits per heavy atom. The number of amides is 2. The van der Waals surface area contributed by atoms with Crippen molar-refractivity contribution < 1.29 is 14.5 Å². The molecule has 1 aliphatic carbocycles. The molecule has 1 aromatic carbocycles. The summed E-state index contributed by atoms with van der Waals surface area (Å²) in [4.78, 5) is 35.1. The van der Waals surface area contributed by atoms with Crippen molar-refractivity contribution >= 4 is 34.8 Å². The smallest absolute Gasteiger partial charge is 0.269 e. The van der Waals surface area contributed by atoms with Crippen molar-refractivity contribution in [3.05, 3.63) is 34.4 Å². The molecular formula is C14H13ClN2O4. The summed E-state index contributed by atoms with van der Waals surface area (Å²) in [5.74, 6) is -1.20. The van der Waals surface area contributed by atoms with Crippen molar-refractivity contribution in [1.29, 1.82) is 0 Å². The average Bonchev–Trinajstić information content (AvgIpc) is 2.67. The highest BCUT2D eigenvalue weighted by Gasteiger charge is 2.59. The maximum absolute atomic E-state index is 12.5. The zero-order valence-electron chi connectivity index (χ0n) is 11.1. The molecule has 0 spiro atoms. The monoisotopic (exact) mass is 308 g/mol. The summed E-state index contributed by atoms with van der Waals surface area (Å²) in [5.41, 5.74) is 0.251. The Hall–Kier alpha value is -1.95. The third-order valence-electron chi connectivity index (χ3n) is 4.23. The maximum atomic E-state index is 12.5. The van der Waals surface area contributed by atoms with Crippen LogP contribution >= 0.6 is 11.6 Å². The summed E-state index contributed by atoms with van der Waals surface area (Å²) < 4.78 is 0. The molecule has 2 aliphatic rings. The Labute approximate surface area is 125 Å². The van der Waals surface area contributed by atoms with E-state index in [2.05, 4.69) is 0 Å². The predicted octanol–water partition coefficient (Wildman–Crippen LogP) is 2.64. The number of benzene rings is 1. The SMILES string of the molecule is O=C1C2CCCCC2(Cl)C(=O)N1c1ccc([N+](=O)[O-])cc1. The molecule has 0 N–H and O–H groups in total. The molecule has 1 heterocycles. The largest absolute Gasteiger partial charge is 0.274 e. The predicted molar refractivity (Wildman–Crippen MR) is 76.1 cm³/mol. The number of rotatable bonds is 2. The number of halogens is 1. The molecule has 2 amide bonds. The minimum atomic E-state index is -1.14. The van der Waals surface area contributed by atoms with E-state index in [1.807, 2.05) is 0 Å². The van der Waals surface area contributed by atoms with Gasteiger partial charge in [-0.1, -0.05) is 12.8 Å². The highest BCUT2D eigenvalue weighted by molar-refractivity contribution is 6.45. The van der Waals surface area contributed by atoms with Gasteiger partial charge in [-0.3, -0.25) is 19.7 Å². The molecule has 1 aromatic rings. The van der Waals surface area contributed by atoms with E-state index in [0.717, 1.165) is 17.7 Å². The second kappa shape index (κ2) is 4.80. The number of anilines is 1. The van der Waals surface area contributed by atoms with Crippen LogP contribution in [0.1, 0.15) is 25.7 Å². The molecule has 110 valence electrons. The van der Waals surface area contributed by atoms with Gasteiger partial charge in [0.1, 0.15) is 4.87 Å². The van der Waals surface area contributed by atoms with Crippen molar-refractivity contribution in [2.45, 2.75) is 30.6 Å². The molecule has 0 aromatic heterocycles. The van der Waals surface area contributed by atoms with E-state index in [1.54, 1.807) is 0 Å². The highest BCUT2D eigenvalue weighted by atomic mass is 35.5. The molecule has 1 aliphatic heterocycles. The first-order chi connectivity index (χ1) is 9.95. The second-order valence-corrected chi connectivity index (χ2v) is 6.09. The summed E-state index contributed by atoms with van der Waals surface area (Å²) in [5, 5.41) is 10.7. The number of hydrogen-bond donors (Lipinski definition) is 0.